The summed E-state index contributed by atoms with van der Waals surface area (Å²) in [6, 6.07) is 11.4. The Morgan fingerprint density at radius 1 is 1.19 bits per heavy atom. The summed E-state index contributed by atoms with van der Waals surface area (Å²) in [5.41, 5.74) is 2.14. The minimum atomic E-state index is -0.408. The van der Waals surface area contributed by atoms with Gasteiger partial charge in [0.25, 0.3) is 5.91 Å². The molecule has 5 heteroatoms. The lowest BCUT2D eigenvalue weighted by atomic mass is 10.1. The van der Waals surface area contributed by atoms with Gasteiger partial charge in [-0.3, -0.25) is 4.79 Å². The van der Waals surface area contributed by atoms with Crippen LogP contribution in [0.4, 0.5) is 5.69 Å². The molecular weight excluding hydrogens is 286 g/mol. The van der Waals surface area contributed by atoms with Gasteiger partial charge in [0, 0.05) is 11.7 Å². The summed E-state index contributed by atoms with van der Waals surface area (Å²) in [4.78, 5) is 27.0. The van der Waals surface area contributed by atoms with E-state index in [0.717, 1.165) is 12.1 Å². The van der Waals surface area contributed by atoms with E-state index in [4.69, 9.17) is 0 Å². The second kappa shape index (κ2) is 5.33. The highest BCUT2D eigenvalue weighted by atomic mass is 32.1. The van der Waals surface area contributed by atoms with Gasteiger partial charge in [-0.25, -0.2) is 4.79 Å². The number of carbonyl (C=O) groups is 2. The molecule has 1 aliphatic heterocycles. The molecule has 1 amide bonds. The largest absolute Gasteiger partial charge is 0.465 e. The maximum atomic E-state index is 12.7. The molecule has 108 valence electrons. The molecule has 21 heavy (non-hydrogen) atoms. The van der Waals surface area contributed by atoms with Crippen molar-refractivity contribution in [3.63, 3.8) is 0 Å². The first-order valence-electron chi connectivity index (χ1n) is 6.71. The van der Waals surface area contributed by atoms with Crippen LogP contribution in [0.3, 0.4) is 0 Å². The number of thiophene rings is 1. The molecule has 0 aliphatic carbocycles. The van der Waals surface area contributed by atoms with Crippen LogP contribution in [-0.4, -0.2) is 25.0 Å². The summed E-state index contributed by atoms with van der Waals surface area (Å²) < 4.78 is 4.68. The van der Waals surface area contributed by atoms with E-state index in [0.29, 0.717) is 9.75 Å². The number of amides is 1. The Morgan fingerprint density at radius 2 is 1.90 bits per heavy atom. The Labute approximate surface area is 127 Å². The van der Waals surface area contributed by atoms with Gasteiger partial charge in [0.15, 0.2) is 0 Å². The number of carbonyl (C=O) groups excluding carboxylic acids is 2. The van der Waals surface area contributed by atoms with Crippen LogP contribution in [-0.2, 0) is 11.2 Å². The van der Waals surface area contributed by atoms with Gasteiger partial charge < -0.3 is 9.64 Å². The zero-order valence-corrected chi connectivity index (χ0v) is 12.6. The Bertz CT molecular complexity index is 707. The van der Waals surface area contributed by atoms with E-state index in [1.165, 1.54) is 24.0 Å². The lowest BCUT2D eigenvalue weighted by molar-refractivity contribution is 0.0606. The van der Waals surface area contributed by atoms with Crippen molar-refractivity contribution >= 4 is 28.9 Å². The fourth-order valence-corrected chi connectivity index (χ4v) is 3.52. The topological polar surface area (TPSA) is 46.6 Å². The zero-order chi connectivity index (χ0) is 15.0. The SMILES string of the molecule is COC(=O)c1ccc(C(=O)N2c3ccccc3C[C@H]2C)s1. The summed E-state index contributed by atoms with van der Waals surface area (Å²) in [5.74, 6) is -0.471. The maximum absolute atomic E-state index is 12.7. The van der Waals surface area contributed by atoms with Crippen molar-refractivity contribution in [2.45, 2.75) is 19.4 Å². The normalized spacial score (nSPS) is 16.7. The van der Waals surface area contributed by atoms with Gasteiger partial charge in [0.2, 0.25) is 0 Å². The summed E-state index contributed by atoms with van der Waals surface area (Å²) >= 11 is 1.17. The summed E-state index contributed by atoms with van der Waals surface area (Å²) in [6.45, 7) is 2.03. The second-order valence-corrected chi connectivity index (χ2v) is 6.10. The minimum absolute atomic E-state index is 0.0624. The molecule has 0 saturated heterocycles. The summed E-state index contributed by atoms with van der Waals surface area (Å²) in [6.07, 6.45) is 0.858. The highest BCUT2D eigenvalue weighted by Crippen LogP contribution is 2.34. The van der Waals surface area contributed by atoms with Gasteiger partial charge in [0.05, 0.1) is 12.0 Å². The van der Waals surface area contributed by atoms with Crippen LogP contribution in [0.5, 0.6) is 0 Å². The molecule has 1 aromatic carbocycles. The quantitative estimate of drug-likeness (QED) is 0.801. The van der Waals surface area contributed by atoms with Crippen LogP contribution in [0.15, 0.2) is 36.4 Å². The van der Waals surface area contributed by atoms with Crippen molar-refractivity contribution in [3.8, 4) is 0 Å². The molecule has 4 nitrogen and oxygen atoms in total. The third kappa shape index (κ3) is 2.34. The van der Waals surface area contributed by atoms with Gasteiger partial charge in [-0.05, 0) is 37.1 Å². The molecule has 0 saturated carbocycles. The van der Waals surface area contributed by atoms with Gasteiger partial charge in [0.1, 0.15) is 4.88 Å². The van der Waals surface area contributed by atoms with Crippen LogP contribution < -0.4 is 4.90 Å². The zero-order valence-electron chi connectivity index (χ0n) is 11.8. The lowest BCUT2D eigenvalue weighted by Gasteiger charge is -2.21. The molecule has 1 aromatic heterocycles. The molecular formula is C16H15NO3S. The molecule has 1 aliphatic rings. The number of rotatable bonds is 2. The Balaban J connectivity index is 1.92. The van der Waals surface area contributed by atoms with Gasteiger partial charge in [-0.2, -0.15) is 0 Å². The number of para-hydroxylation sites is 1. The fourth-order valence-electron chi connectivity index (χ4n) is 2.66. The van der Waals surface area contributed by atoms with Crippen LogP contribution in [0, 0.1) is 0 Å². The van der Waals surface area contributed by atoms with Crippen molar-refractivity contribution in [1.82, 2.24) is 0 Å². The number of nitrogens with zero attached hydrogens (tertiary/aromatic N) is 1. The second-order valence-electron chi connectivity index (χ2n) is 5.01. The van der Waals surface area contributed by atoms with Crippen molar-refractivity contribution in [1.29, 1.82) is 0 Å². The van der Waals surface area contributed by atoms with Crippen molar-refractivity contribution in [2.24, 2.45) is 0 Å². The van der Waals surface area contributed by atoms with Crippen LogP contribution >= 0.6 is 11.3 Å². The van der Waals surface area contributed by atoms with Gasteiger partial charge >= 0.3 is 5.97 Å². The van der Waals surface area contributed by atoms with Crippen LogP contribution in [0.1, 0.15) is 31.8 Å². The van der Waals surface area contributed by atoms with Gasteiger partial charge in [-0.1, -0.05) is 18.2 Å². The van der Waals surface area contributed by atoms with E-state index in [-0.39, 0.29) is 11.9 Å². The standard InChI is InChI=1S/C16H15NO3S/c1-10-9-11-5-3-4-6-12(11)17(10)15(18)13-7-8-14(21-13)16(19)20-2/h3-8,10H,9H2,1-2H3/t10-/m1/s1. The number of ether oxygens (including phenoxy) is 1. The molecule has 0 bridgehead atoms. The molecule has 0 unspecified atom stereocenters. The summed E-state index contributed by atoms with van der Waals surface area (Å²) in [7, 11) is 1.34. The molecule has 0 spiro atoms. The van der Waals surface area contributed by atoms with E-state index in [1.54, 1.807) is 12.1 Å². The number of methoxy groups -OCH3 is 1. The monoisotopic (exact) mass is 301 g/mol. The Kier molecular flexibility index (Phi) is 3.51. The van der Waals surface area contributed by atoms with Crippen LogP contribution in [0.25, 0.3) is 0 Å². The number of hydrogen-bond donors (Lipinski definition) is 0. The van der Waals surface area contributed by atoms with E-state index in [9.17, 15) is 9.59 Å². The number of fused-ring (bicyclic) bond motifs is 1. The molecule has 2 heterocycles. The fraction of sp³-hybridized carbons (Fsp3) is 0.250. The third-order valence-electron chi connectivity index (χ3n) is 3.63. The van der Waals surface area contributed by atoms with E-state index < -0.39 is 5.97 Å². The number of esters is 1. The predicted molar refractivity (Wildman–Crippen MR) is 82.1 cm³/mol. The number of benzene rings is 1. The smallest absolute Gasteiger partial charge is 0.348 e. The lowest BCUT2D eigenvalue weighted by Crippen LogP contribution is -2.35. The third-order valence-corrected chi connectivity index (χ3v) is 4.68. The first-order valence-corrected chi connectivity index (χ1v) is 7.53. The average molecular weight is 301 g/mol. The molecule has 1 atom stereocenters. The van der Waals surface area contributed by atoms with Crippen molar-refractivity contribution in [3.05, 3.63) is 51.7 Å². The minimum Gasteiger partial charge on any atom is -0.465 e. The van der Waals surface area contributed by atoms with E-state index in [1.807, 2.05) is 36.1 Å². The molecule has 3 rings (SSSR count). The van der Waals surface area contributed by atoms with E-state index in [2.05, 4.69) is 4.74 Å². The predicted octanol–water partition coefficient (Wildman–Crippen LogP) is 3.13. The summed E-state index contributed by atoms with van der Waals surface area (Å²) in [5, 5.41) is 0. The highest BCUT2D eigenvalue weighted by molar-refractivity contribution is 7.16. The Hall–Kier alpha value is -2.14. The van der Waals surface area contributed by atoms with Gasteiger partial charge in [-0.15, -0.1) is 11.3 Å². The van der Waals surface area contributed by atoms with Crippen molar-refractivity contribution < 1.29 is 14.3 Å². The molecule has 0 fully saturated rings. The maximum Gasteiger partial charge on any atom is 0.348 e. The Morgan fingerprint density at radius 3 is 2.67 bits per heavy atom. The average Bonchev–Trinajstić information content (AvgIpc) is 3.09. The molecule has 2 aromatic rings. The number of hydrogen-bond acceptors (Lipinski definition) is 4. The highest BCUT2D eigenvalue weighted by Gasteiger charge is 2.32. The van der Waals surface area contributed by atoms with E-state index >= 15 is 0 Å². The first kappa shape index (κ1) is 13.8. The molecule has 0 N–H and O–H groups in total. The van der Waals surface area contributed by atoms with Crippen molar-refractivity contribution in [2.75, 3.05) is 12.0 Å². The first-order chi connectivity index (χ1) is 10.1. The molecule has 0 radical (unpaired) electrons. The van der Waals surface area contributed by atoms with Crippen LogP contribution in [0.2, 0.25) is 0 Å². The number of anilines is 1.